The maximum absolute atomic E-state index is 5.50. The van der Waals surface area contributed by atoms with Crippen molar-refractivity contribution in [1.82, 2.24) is 19.7 Å². The van der Waals surface area contributed by atoms with E-state index < -0.39 is 0 Å². The van der Waals surface area contributed by atoms with Gasteiger partial charge in [0.15, 0.2) is 0 Å². The Morgan fingerprint density at radius 1 is 0.564 bits per heavy atom. The smallest absolute Gasteiger partial charge is 0.137 e. The zero-order chi connectivity index (χ0) is 37.9. The highest BCUT2D eigenvalue weighted by Gasteiger charge is 2.24. The average molecular weight is 716 g/mol. The highest BCUT2D eigenvalue weighted by Crippen LogP contribution is 2.43. The molecule has 9 rings (SSSR count). The number of rotatable bonds is 6. The first kappa shape index (κ1) is 34.3. The Morgan fingerprint density at radius 2 is 1.27 bits per heavy atom. The van der Waals surface area contributed by atoms with Gasteiger partial charge < -0.3 is 4.98 Å². The van der Waals surface area contributed by atoms with Crippen molar-refractivity contribution in [1.29, 1.82) is 0 Å². The molecule has 9 aromatic rings. The van der Waals surface area contributed by atoms with Crippen molar-refractivity contribution in [2.45, 2.75) is 52.4 Å². The number of hydrogen-bond donors (Lipinski definition) is 1. The molecule has 3 heterocycles. The van der Waals surface area contributed by atoms with Crippen molar-refractivity contribution < 1.29 is 0 Å². The van der Waals surface area contributed by atoms with Crippen LogP contribution in [0.3, 0.4) is 0 Å². The van der Waals surface area contributed by atoms with Crippen LogP contribution in [0.1, 0.15) is 52.7 Å². The molecule has 0 saturated carbocycles. The van der Waals surface area contributed by atoms with Crippen molar-refractivity contribution in [3.63, 3.8) is 0 Å². The topological polar surface area (TPSA) is 49.7 Å². The first-order valence-electron chi connectivity index (χ1n) is 19.1. The third kappa shape index (κ3) is 6.16. The van der Waals surface area contributed by atoms with Crippen LogP contribution in [-0.2, 0) is 10.8 Å². The molecule has 0 aliphatic carbocycles. The minimum atomic E-state index is -0.0702. The van der Waals surface area contributed by atoms with Crippen LogP contribution in [0.2, 0.25) is 0 Å². The summed E-state index contributed by atoms with van der Waals surface area (Å²) in [6.45, 7) is 13.7. The lowest BCUT2D eigenvalue weighted by molar-refractivity contribution is 0.590. The van der Waals surface area contributed by atoms with Gasteiger partial charge in [0.2, 0.25) is 0 Å². The molecule has 270 valence electrons. The largest absolute Gasteiger partial charge is 0.353 e. The van der Waals surface area contributed by atoms with Crippen LogP contribution in [0.4, 0.5) is 17.2 Å². The van der Waals surface area contributed by atoms with Crippen molar-refractivity contribution in [3.05, 3.63) is 169 Å². The summed E-state index contributed by atoms with van der Waals surface area (Å²) in [4.78, 5) is 10.9. The molecule has 0 aliphatic rings. The molecule has 0 aliphatic heterocycles. The number of pyridine rings is 1. The van der Waals surface area contributed by atoms with Crippen molar-refractivity contribution in [2.24, 2.45) is 0 Å². The van der Waals surface area contributed by atoms with Crippen LogP contribution in [-0.4, -0.2) is 19.7 Å². The van der Waals surface area contributed by atoms with E-state index in [0.29, 0.717) is 0 Å². The van der Waals surface area contributed by atoms with Crippen LogP contribution >= 0.6 is 0 Å². The summed E-state index contributed by atoms with van der Waals surface area (Å²) < 4.78 is 2.15. The van der Waals surface area contributed by atoms with E-state index in [0.717, 1.165) is 67.2 Å². The summed E-state index contributed by atoms with van der Waals surface area (Å²) in [7, 11) is 0. The van der Waals surface area contributed by atoms with E-state index in [1.165, 1.54) is 21.9 Å². The predicted octanol–water partition coefficient (Wildman–Crippen LogP) is 13.5. The Hall–Kier alpha value is -6.46. The number of benzene rings is 6. The summed E-state index contributed by atoms with van der Waals surface area (Å²) in [6.07, 6.45) is 1.85. The van der Waals surface area contributed by atoms with Crippen LogP contribution < -0.4 is 4.90 Å². The average Bonchev–Trinajstić information content (AvgIpc) is 3.77. The number of nitrogens with zero attached hydrogens (tertiary/aromatic N) is 4. The molecule has 5 nitrogen and oxygen atoms in total. The fourth-order valence-electron chi connectivity index (χ4n) is 7.71. The predicted molar refractivity (Wildman–Crippen MR) is 231 cm³/mol. The van der Waals surface area contributed by atoms with Crippen molar-refractivity contribution >= 4 is 49.9 Å². The summed E-state index contributed by atoms with van der Waals surface area (Å²) in [5, 5.41) is 9.05. The molecule has 55 heavy (non-hydrogen) atoms. The Balaban J connectivity index is 1.25. The van der Waals surface area contributed by atoms with Gasteiger partial charge in [-0.25, -0.2) is 9.67 Å². The molecule has 0 amide bonds. The van der Waals surface area contributed by atoms with E-state index in [1.54, 1.807) is 0 Å². The Bertz CT molecular complexity index is 2830. The second-order valence-electron chi connectivity index (χ2n) is 16.5. The lowest BCUT2D eigenvalue weighted by atomic mass is 9.84. The van der Waals surface area contributed by atoms with Gasteiger partial charge >= 0.3 is 0 Å². The zero-order valence-corrected chi connectivity index (χ0v) is 32.3. The van der Waals surface area contributed by atoms with E-state index in [9.17, 15) is 0 Å². The maximum Gasteiger partial charge on any atom is 0.137 e. The molecule has 1 N–H and O–H groups in total. The lowest BCUT2D eigenvalue weighted by Crippen LogP contribution is -2.12. The molecule has 0 fully saturated rings. The second-order valence-corrected chi connectivity index (χ2v) is 16.5. The fourth-order valence-corrected chi connectivity index (χ4v) is 7.71. The highest BCUT2D eigenvalue weighted by molar-refractivity contribution is 6.11. The molecule has 3 aromatic heterocycles. The van der Waals surface area contributed by atoms with Gasteiger partial charge in [0.05, 0.1) is 22.4 Å². The number of aromatic nitrogens is 4. The van der Waals surface area contributed by atoms with E-state index >= 15 is 0 Å². The molecular weight excluding hydrogens is 671 g/mol. The van der Waals surface area contributed by atoms with Crippen LogP contribution in [0.15, 0.2) is 158 Å². The normalized spacial score (nSPS) is 12.2. The van der Waals surface area contributed by atoms with Gasteiger partial charge in [0, 0.05) is 44.7 Å². The highest BCUT2D eigenvalue weighted by atomic mass is 15.3. The van der Waals surface area contributed by atoms with Crippen molar-refractivity contribution in [3.8, 4) is 28.1 Å². The SMILES string of the molecule is CC(C)(C)c1ccc2[nH]c3c(-n4nc(-c5cccc(N(c6ccccn6)c6ccccc6-c6ccccc6)c5)c5ccccc54)cc(C(C)(C)C)cc3c2c1. The first-order chi connectivity index (χ1) is 26.5. The Kier molecular flexibility index (Phi) is 8.20. The van der Waals surface area contributed by atoms with Gasteiger partial charge in [-0.2, -0.15) is 5.10 Å². The number of H-pyrrole nitrogens is 1. The summed E-state index contributed by atoms with van der Waals surface area (Å²) in [6, 6.07) is 54.0. The fraction of sp³-hybridized carbons (Fsp3) is 0.160. The summed E-state index contributed by atoms with van der Waals surface area (Å²) in [5.74, 6) is 0.841. The number of nitrogens with one attached hydrogen (secondary N) is 1. The minimum Gasteiger partial charge on any atom is -0.353 e. The zero-order valence-electron chi connectivity index (χ0n) is 32.3. The van der Waals surface area contributed by atoms with Crippen LogP contribution in [0.25, 0.3) is 60.8 Å². The second kappa shape index (κ2) is 13.1. The molecule has 0 atom stereocenters. The van der Waals surface area contributed by atoms with Gasteiger partial charge in [-0.3, -0.25) is 4.90 Å². The van der Waals surface area contributed by atoms with Gasteiger partial charge in [-0.15, -0.1) is 0 Å². The summed E-state index contributed by atoms with van der Waals surface area (Å²) in [5.41, 5.74) is 13.2. The number of anilines is 3. The standard InChI is InChI=1S/C50H45N5/c1-49(2,3)35-26-27-42-40(30-35)41-31-36(50(4,5)6)32-45(48(41)52-42)55-44-24-13-11-22-39(44)47(53-55)34-19-16-20-37(29-34)54(46-25-14-15-28-51-46)43-23-12-10-21-38(43)33-17-8-7-9-18-33/h7-32,52H,1-6H3. The quantitative estimate of drug-likeness (QED) is 0.186. The molecular formula is C50H45N5. The van der Waals surface area contributed by atoms with Crippen LogP contribution in [0.5, 0.6) is 0 Å². The number of aromatic amines is 1. The lowest BCUT2D eigenvalue weighted by Gasteiger charge is -2.27. The van der Waals surface area contributed by atoms with E-state index in [4.69, 9.17) is 10.1 Å². The van der Waals surface area contributed by atoms with Gasteiger partial charge in [-0.05, 0) is 88.2 Å². The maximum atomic E-state index is 5.50. The Morgan fingerprint density at radius 3 is 2.05 bits per heavy atom. The van der Waals surface area contributed by atoms with Gasteiger partial charge in [0.1, 0.15) is 11.5 Å². The van der Waals surface area contributed by atoms with E-state index in [1.807, 2.05) is 18.3 Å². The molecule has 6 aromatic carbocycles. The number of hydrogen-bond acceptors (Lipinski definition) is 3. The monoisotopic (exact) mass is 715 g/mol. The van der Waals surface area contributed by atoms with E-state index in [-0.39, 0.29) is 10.8 Å². The third-order valence-electron chi connectivity index (χ3n) is 10.7. The third-order valence-corrected chi connectivity index (χ3v) is 10.7. The molecule has 0 radical (unpaired) electrons. The molecule has 0 spiro atoms. The van der Waals surface area contributed by atoms with Crippen LogP contribution in [0, 0.1) is 0 Å². The number of para-hydroxylation sites is 2. The molecule has 5 heteroatoms. The minimum absolute atomic E-state index is 0.0413. The van der Waals surface area contributed by atoms with Crippen molar-refractivity contribution in [2.75, 3.05) is 4.90 Å². The van der Waals surface area contributed by atoms with E-state index in [2.05, 4.69) is 196 Å². The van der Waals surface area contributed by atoms with Gasteiger partial charge in [0.25, 0.3) is 0 Å². The number of fused-ring (bicyclic) bond motifs is 4. The molecule has 0 unspecified atom stereocenters. The molecule has 0 saturated heterocycles. The molecule has 0 bridgehead atoms. The first-order valence-corrected chi connectivity index (χ1v) is 19.1. The summed E-state index contributed by atoms with van der Waals surface area (Å²) >= 11 is 0. The van der Waals surface area contributed by atoms with Gasteiger partial charge in [-0.1, -0.05) is 133 Å². The Labute approximate surface area is 322 Å².